The van der Waals surface area contributed by atoms with Gasteiger partial charge in [0.2, 0.25) is 5.91 Å². The number of amides is 1. The van der Waals surface area contributed by atoms with Crippen molar-refractivity contribution < 1.29 is 9.53 Å². The zero-order chi connectivity index (χ0) is 22.6. The summed E-state index contributed by atoms with van der Waals surface area (Å²) < 4.78 is 5.78. The largest absolute Gasteiger partial charge is 0.366 e. The maximum Gasteiger partial charge on any atom is 0.250 e. The summed E-state index contributed by atoms with van der Waals surface area (Å²) in [7, 11) is 0. The average molecular weight is 458 g/mol. The van der Waals surface area contributed by atoms with Gasteiger partial charge in [-0.3, -0.25) is 4.79 Å². The molecular formula is C26H29Cl2NO2. The van der Waals surface area contributed by atoms with Crippen molar-refractivity contribution in [2.75, 3.05) is 6.61 Å². The fourth-order valence-corrected chi connectivity index (χ4v) is 3.25. The highest BCUT2D eigenvalue weighted by atomic mass is 35.5. The van der Waals surface area contributed by atoms with Crippen LogP contribution in [-0.4, -0.2) is 18.6 Å². The van der Waals surface area contributed by atoms with Crippen LogP contribution in [0.1, 0.15) is 36.6 Å². The number of ether oxygens (including phenoxy) is 1. The van der Waals surface area contributed by atoms with Crippen molar-refractivity contribution in [3.05, 3.63) is 106 Å². The van der Waals surface area contributed by atoms with E-state index in [-0.39, 0.29) is 11.9 Å². The van der Waals surface area contributed by atoms with E-state index in [4.69, 9.17) is 27.9 Å². The average Bonchev–Trinajstić information content (AvgIpc) is 2.79. The molecule has 1 aliphatic rings. The van der Waals surface area contributed by atoms with E-state index in [1.165, 1.54) is 5.56 Å². The number of benzene rings is 3. The Labute approximate surface area is 195 Å². The standard InChI is InChI=1S/C18H18ClNO2.C6H5Cl.C2H6/c1-12-2-4-13(5-3-12)10-17-18(21)20-16(11-22-17)14-6-8-15(19)9-7-14;7-6-4-2-1-3-5-6;1-2/h2-9,16-17H,10-11H2,1H3,(H,20,21);1-5H;1-2H3/t16-,17?;;/m1../s1. The molecule has 1 saturated heterocycles. The number of aryl methyl sites for hydroxylation is 1. The van der Waals surface area contributed by atoms with E-state index >= 15 is 0 Å². The monoisotopic (exact) mass is 457 g/mol. The van der Waals surface area contributed by atoms with E-state index in [0.717, 1.165) is 16.1 Å². The van der Waals surface area contributed by atoms with Gasteiger partial charge in [-0.2, -0.15) is 0 Å². The van der Waals surface area contributed by atoms with Crippen molar-refractivity contribution in [2.24, 2.45) is 0 Å². The molecule has 3 nitrogen and oxygen atoms in total. The molecular weight excluding hydrogens is 429 g/mol. The molecule has 0 saturated carbocycles. The number of rotatable bonds is 3. The molecule has 1 aliphatic heterocycles. The van der Waals surface area contributed by atoms with Gasteiger partial charge in [0.15, 0.2) is 0 Å². The molecule has 0 spiro atoms. The minimum absolute atomic E-state index is 0.0632. The number of hydrogen-bond acceptors (Lipinski definition) is 2. The van der Waals surface area contributed by atoms with E-state index in [1.54, 1.807) is 0 Å². The van der Waals surface area contributed by atoms with Gasteiger partial charge in [0.05, 0.1) is 12.6 Å². The topological polar surface area (TPSA) is 38.3 Å². The first kappa shape index (κ1) is 24.9. The lowest BCUT2D eigenvalue weighted by Gasteiger charge is -2.30. The minimum atomic E-state index is -0.425. The Hall–Kier alpha value is -2.33. The zero-order valence-electron chi connectivity index (χ0n) is 18.1. The molecule has 5 heteroatoms. The second kappa shape index (κ2) is 13.2. The van der Waals surface area contributed by atoms with Crippen molar-refractivity contribution in [1.29, 1.82) is 0 Å². The van der Waals surface area contributed by atoms with Gasteiger partial charge in [0.25, 0.3) is 0 Å². The van der Waals surface area contributed by atoms with Gasteiger partial charge in [-0.25, -0.2) is 0 Å². The maximum atomic E-state index is 12.3. The Morgan fingerprint density at radius 1 is 0.871 bits per heavy atom. The number of halogens is 2. The fraction of sp³-hybridized carbons (Fsp3) is 0.269. The molecule has 1 fully saturated rings. The van der Waals surface area contributed by atoms with Crippen LogP contribution in [-0.2, 0) is 16.0 Å². The van der Waals surface area contributed by atoms with Gasteiger partial charge >= 0.3 is 0 Å². The first-order chi connectivity index (χ1) is 15.0. The van der Waals surface area contributed by atoms with Crippen LogP contribution in [0.3, 0.4) is 0 Å². The number of carbonyl (C=O) groups is 1. The van der Waals surface area contributed by atoms with Gasteiger partial charge in [-0.05, 0) is 42.3 Å². The van der Waals surface area contributed by atoms with Gasteiger partial charge in [0, 0.05) is 16.5 Å². The number of morpholine rings is 1. The molecule has 0 bridgehead atoms. The lowest BCUT2D eigenvalue weighted by Crippen LogP contribution is -2.47. The summed E-state index contributed by atoms with van der Waals surface area (Å²) in [6.07, 6.45) is 0.172. The Bertz CT molecular complexity index is 912. The molecule has 1 amide bonds. The van der Waals surface area contributed by atoms with Crippen LogP contribution in [0.25, 0.3) is 0 Å². The Morgan fingerprint density at radius 3 is 1.97 bits per heavy atom. The summed E-state index contributed by atoms with van der Waals surface area (Å²) in [5, 5.41) is 4.51. The Kier molecular flexibility index (Phi) is 10.6. The summed E-state index contributed by atoms with van der Waals surface area (Å²) in [5.74, 6) is -0.0632. The van der Waals surface area contributed by atoms with Gasteiger partial charge in [-0.15, -0.1) is 0 Å². The SMILES string of the molecule is CC.Cc1ccc(CC2OC[C@H](c3ccc(Cl)cc3)NC2=O)cc1.Clc1ccccc1. The van der Waals surface area contributed by atoms with Crippen molar-refractivity contribution >= 4 is 29.1 Å². The molecule has 0 radical (unpaired) electrons. The van der Waals surface area contributed by atoms with Crippen molar-refractivity contribution in [1.82, 2.24) is 5.32 Å². The van der Waals surface area contributed by atoms with E-state index in [9.17, 15) is 4.79 Å². The third-order valence-electron chi connectivity index (χ3n) is 4.62. The summed E-state index contributed by atoms with van der Waals surface area (Å²) in [6, 6.07) is 25.0. The lowest BCUT2D eigenvalue weighted by atomic mass is 10.0. The zero-order valence-corrected chi connectivity index (χ0v) is 19.7. The van der Waals surface area contributed by atoms with Crippen LogP contribution in [0.5, 0.6) is 0 Å². The van der Waals surface area contributed by atoms with Crippen LogP contribution < -0.4 is 5.32 Å². The lowest BCUT2D eigenvalue weighted by molar-refractivity contribution is -0.140. The molecule has 164 valence electrons. The van der Waals surface area contributed by atoms with E-state index in [2.05, 4.69) is 5.32 Å². The third-order valence-corrected chi connectivity index (χ3v) is 5.12. The molecule has 1 N–H and O–H groups in total. The first-order valence-corrected chi connectivity index (χ1v) is 11.2. The van der Waals surface area contributed by atoms with Crippen LogP contribution in [0.4, 0.5) is 0 Å². The molecule has 1 unspecified atom stereocenters. The molecule has 3 aromatic carbocycles. The predicted octanol–water partition coefficient (Wildman–Crippen LogP) is 6.81. The van der Waals surface area contributed by atoms with Crippen LogP contribution in [0, 0.1) is 6.92 Å². The second-order valence-electron chi connectivity index (χ2n) is 6.92. The Balaban J connectivity index is 0.000000319. The first-order valence-electron chi connectivity index (χ1n) is 10.4. The van der Waals surface area contributed by atoms with Crippen molar-refractivity contribution in [3.8, 4) is 0 Å². The molecule has 2 atom stereocenters. The van der Waals surface area contributed by atoms with Gasteiger partial charge in [-0.1, -0.05) is 97.2 Å². The van der Waals surface area contributed by atoms with Crippen LogP contribution in [0.2, 0.25) is 10.0 Å². The van der Waals surface area contributed by atoms with Gasteiger partial charge < -0.3 is 10.1 Å². The summed E-state index contributed by atoms with van der Waals surface area (Å²) in [6.45, 7) is 6.52. The smallest absolute Gasteiger partial charge is 0.250 e. The van der Waals surface area contributed by atoms with Gasteiger partial charge in [0.1, 0.15) is 6.10 Å². The highest BCUT2D eigenvalue weighted by molar-refractivity contribution is 6.30. The normalized spacial score (nSPS) is 17.4. The van der Waals surface area contributed by atoms with E-state index in [0.29, 0.717) is 18.1 Å². The molecule has 0 aromatic heterocycles. The molecule has 3 aromatic rings. The number of carbonyl (C=O) groups excluding carboxylic acids is 1. The van der Waals surface area contributed by atoms with Crippen LogP contribution >= 0.6 is 23.2 Å². The maximum absolute atomic E-state index is 12.3. The number of hydrogen-bond donors (Lipinski definition) is 1. The van der Waals surface area contributed by atoms with Crippen LogP contribution in [0.15, 0.2) is 78.9 Å². The second-order valence-corrected chi connectivity index (χ2v) is 7.79. The molecule has 1 heterocycles. The van der Waals surface area contributed by atoms with Crippen molar-refractivity contribution in [2.45, 2.75) is 39.3 Å². The highest BCUT2D eigenvalue weighted by Crippen LogP contribution is 2.21. The fourth-order valence-electron chi connectivity index (χ4n) is 2.97. The van der Waals surface area contributed by atoms with Crippen molar-refractivity contribution in [3.63, 3.8) is 0 Å². The molecule has 4 rings (SSSR count). The number of nitrogens with one attached hydrogen (secondary N) is 1. The van der Waals surface area contributed by atoms with E-state index in [1.807, 2.05) is 99.6 Å². The predicted molar refractivity (Wildman–Crippen MR) is 130 cm³/mol. The summed E-state index contributed by atoms with van der Waals surface area (Å²) >= 11 is 11.4. The minimum Gasteiger partial charge on any atom is -0.366 e. The highest BCUT2D eigenvalue weighted by Gasteiger charge is 2.29. The molecule has 31 heavy (non-hydrogen) atoms. The summed E-state index contributed by atoms with van der Waals surface area (Å²) in [5.41, 5.74) is 3.32. The molecule has 0 aliphatic carbocycles. The van der Waals surface area contributed by atoms with E-state index < -0.39 is 6.10 Å². The quantitative estimate of drug-likeness (QED) is 0.468. The Morgan fingerprint density at radius 2 is 1.45 bits per heavy atom. The third kappa shape index (κ3) is 8.37. The summed E-state index contributed by atoms with van der Waals surface area (Å²) in [4.78, 5) is 12.3.